The number of methoxy groups -OCH3 is 1. The zero-order chi connectivity index (χ0) is 18.3. The molecule has 0 aromatic carbocycles. The van der Waals surface area contributed by atoms with Crippen LogP contribution >= 0.6 is 0 Å². The van der Waals surface area contributed by atoms with Gasteiger partial charge in [0.05, 0.1) is 20.1 Å². The maximum atomic E-state index is 10.8. The van der Waals surface area contributed by atoms with Crippen LogP contribution in [0.5, 0.6) is 0 Å². The molecule has 0 saturated carbocycles. The molecule has 0 rings (SSSR count). The molecule has 8 nitrogen and oxygen atoms in total. The van der Waals surface area contributed by atoms with E-state index in [4.69, 9.17) is 16.2 Å². The van der Waals surface area contributed by atoms with Crippen LogP contribution in [0, 0.1) is 0 Å². The molecule has 22 heavy (non-hydrogen) atoms. The van der Waals surface area contributed by atoms with E-state index in [1.54, 1.807) is 27.7 Å². The first-order valence-corrected chi connectivity index (χ1v) is 7.05. The van der Waals surface area contributed by atoms with Crippen molar-refractivity contribution in [2.75, 3.05) is 13.7 Å². The van der Waals surface area contributed by atoms with Crippen LogP contribution in [-0.4, -0.2) is 43.3 Å². The van der Waals surface area contributed by atoms with E-state index in [0.717, 1.165) is 0 Å². The van der Waals surface area contributed by atoms with Gasteiger partial charge in [-0.1, -0.05) is 13.8 Å². The molecule has 0 fully saturated rings. The minimum Gasteiger partial charge on any atom is -0.469 e. The number of nitrogens with two attached hydrogens (primary N) is 2. The Morgan fingerprint density at radius 3 is 1.86 bits per heavy atom. The highest BCUT2D eigenvalue weighted by Crippen LogP contribution is 2.05. The first kappa shape index (κ1) is 25.1. The van der Waals surface area contributed by atoms with Crippen LogP contribution in [0.25, 0.3) is 0 Å². The second-order valence-electron chi connectivity index (χ2n) is 5.08. The molecule has 0 aliphatic carbocycles. The maximum Gasteiger partial charge on any atom is 0.408 e. The summed E-state index contributed by atoms with van der Waals surface area (Å²) < 4.78 is 9.17. The average Bonchev–Trinajstić information content (AvgIpc) is 2.36. The van der Waals surface area contributed by atoms with E-state index in [2.05, 4.69) is 10.1 Å². The highest BCUT2D eigenvalue weighted by molar-refractivity contribution is 5.80. The number of esters is 1. The number of alkyl carbamates (subject to hydrolysis) is 1. The number of carbonyl (C=O) groups is 3. The quantitative estimate of drug-likeness (QED) is 0.659. The molecule has 0 aromatic rings. The number of hydrogen-bond donors (Lipinski definition) is 3. The van der Waals surface area contributed by atoms with Gasteiger partial charge < -0.3 is 26.3 Å². The lowest BCUT2D eigenvalue weighted by Gasteiger charge is -2.19. The molecular weight excluding hydrogens is 290 g/mol. The van der Waals surface area contributed by atoms with Gasteiger partial charge in [-0.05, 0) is 27.7 Å². The predicted molar refractivity (Wildman–Crippen MR) is 85.1 cm³/mol. The highest BCUT2D eigenvalue weighted by atomic mass is 16.6. The third-order valence-electron chi connectivity index (χ3n) is 1.52. The monoisotopic (exact) mass is 321 g/mol. The molecule has 1 atom stereocenters. The Bertz CT molecular complexity index is 325. The van der Waals surface area contributed by atoms with E-state index in [9.17, 15) is 14.4 Å². The van der Waals surface area contributed by atoms with E-state index in [1.807, 2.05) is 13.8 Å². The Morgan fingerprint density at radius 1 is 1.18 bits per heavy atom. The number of primary amides is 1. The Labute approximate surface area is 132 Å². The molecule has 8 heteroatoms. The molecule has 0 spiro atoms. The molecule has 0 saturated heterocycles. The Morgan fingerprint density at radius 2 is 1.64 bits per heavy atom. The smallest absolute Gasteiger partial charge is 0.408 e. The molecule has 0 aromatic heterocycles. The van der Waals surface area contributed by atoms with E-state index in [0.29, 0.717) is 6.42 Å². The number of nitrogens with one attached hydrogen (secondary N) is 1. The van der Waals surface area contributed by atoms with Gasteiger partial charge in [-0.3, -0.25) is 9.59 Å². The van der Waals surface area contributed by atoms with Gasteiger partial charge in [0.2, 0.25) is 5.91 Å². The first-order chi connectivity index (χ1) is 9.97. The molecule has 0 bridgehead atoms. The van der Waals surface area contributed by atoms with Crippen molar-refractivity contribution < 1.29 is 23.9 Å². The van der Waals surface area contributed by atoms with Crippen LogP contribution in [0.2, 0.25) is 0 Å². The summed E-state index contributed by atoms with van der Waals surface area (Å²) in [5.41, 5.74) is 9.51. The van der Waals surface area contributed by atoms with Crippen molar-refractivity contribution in [2.45, 2.75) is 59.6 Å². The Balaban J connectivity index is -0.000000313. The van der Waals surface area contributed by atoms with Crippen molar-refractivity contribution in [3.8, 4) is 0 Å². The SMILES string of the molecule is CC.CC(C)(C)OC(=O)NCC(N)=O.COC(=O)CC(C)N. The number of amides is 2. The van der Waals surface area contributed by atoms with Gasteiger partial charge in [0.1, 0.15) is 5.60 Å². The number of rotatable bonds is 4. The highest BCUT2D eigenvalue weighted by Gasteiger charge is 2.15. The molecule has 132 valence electrons. The lowest BCUT2D eigenvalue weighted by molar-refractivity contribution is -0.140. The van der Waals surface area contributed by atoms with Crippen LogP contribution < -0.4 is 16.8 Å². The van der Waals surface area contributed by atoms with Crippen molar-refractivity contribution in [2.24, 2.45) is 11.5 Å². The van der Waals surface area contributed by atoms with Gasteiger partial charge in [-0.15, -0.1) is 0 Å². The zero-order valence-corrected chi connectivity index (χ0v) is 14.7. The van der Waals surface area contributed by atoms with Gasteiger partial charge in [0, 0.05) is 6.04 Å². The summed E-state index contributed by atoms with van der Waals surface area (Å²) in [6.07, 6.45) is -0.336. The molecule has 5 N–H and O–H groups in total. The summed E-state index contributed by atoms with van der Waals surface area (Å²) in [5, 5.41) is 2.20. The van der Waals surface area contributed by atoms with Crippen molar-refractivity contribution >= 4 is 18.0 Å². The van der Waals surface area contributed by atoms with Crippen LogP contribution in [0.3, 0.4) is 0 Å². The lowest BCUT2D eigenvalue weighted by atomic mass is 10.2. The Hall–Kier alpha value is -1.83. The van der Waals surface area contributed by atoms with Gasteiger partial charge >= 0.3 is 12.1 Å². The molecule has 0 aliphatic rings. The van der Waals surface area contributed by atoms with Gasteiger partial charge in [0.15, 0.2) is 0 Å². The molecule has 0 aliphatic heterocycles. The van der Waals surface area contributed by atoms with Crippen molar-refractivity contribution in [1.82, 2.24) is 5.32 Å². The van der Waals surface area contributed by atoms with E-state index in [-0.39, 0.29) is 18.6 Å². The minimum absolute atomic E-state index is 0.0950. The zero-order valence-electron chi connectivity index (χ0n) is 14.7. The molecule has 0 heterocycles. The maximum absolute atomic E-state index is 10.8. The van der Waals surface area contributed by atoms with E-state index < -0.39 is 17.6 Å². The van der Waals surface area contributed by atoms with E-state index in [1.165, 1.54) is 7.11 Å². The minimum atomic E-state index is -0.638. The molecule has 0 radical (unpaired) electrons. The summed E-state index contributed by atoms with van der Waals surface area (Å²) in [7, 11) is 1.35. The van der Waals surface area contributed by atoms with Crippen molar-refractivity contribution in [1.29, 1.82) is 0 Å². The summed E-state index contributed by atoms with van der Waals surface area (Å²) in [6, 6.07) is -0.0950. The number of carbonyl (C=O) groups excluding carboxylic acids is 3. The summed E-state index contributed by atoms with van der Waals surface area (Å²) in [6.45, 7) is 10.8. The normalized spacial score (nSPS) is 10.7. The third-order valence-corrected chi connectivity index (χ3v) is 1.52. The average molecular weight is 321 g/mol. The first-order valence-electron chi connectivity index (χ1n) is 7.05. The second kappa shape index (κ2) is 14.1. The third kappa shape index (κ3) is 26.7. The summed E-state index contributed by atoms with van der Waals surface area (Å²) in [5.74, 6) is -0.846. The number of hydrogen-bond acceptors (Lipinski definition) is 6. The van der Waals surface area contributed by atoms with Gasteiger partial charge in [-0.2, -0.15) is 0 Å². The Kier molecular flexibility index (Phi) is 16.1. The van der Waals surface area contributed by atoms with Crippen LogP contribution in [0.15, 0.2) is 0 Å². The number of ether oxygens (including phenoxy) is 2. The van der Waals surface area contributed by atoms with Crippen LogP contribution in [0.4, 0.5) is 4.79 Å². The van der Waals surface area contributed by atoms with Crippen LogP contribution in [-0.2, 0) is 19.1 Å². The largest absolute Gasteiger partial charge is 0.469 e. The van der Waals surface area contributed by atoms with Crippen molar-refractivity contribution in [3.05, 3.63) is 0 Å². The fourth-order valence-corrected chi connectivity index (χ4v) is 0.820. The fourth-order valence-electron chi connectivity index (χ4n) is 0.820. The fraction of sp³-hybridized carbons (Fsp3) is 0.786. The molecule has 1 unspecified atom stereocenters. The van der Waals surface area contributed by atoms with Crippen LogP contribution in [0.1, 0.15) is 48.0 Å². The van der Waals surface area contributed by atoms with Crippen molar-refractivity contribution in [3.63, 3.8) is 0 Å². The summed E-state index contributed by atoms with van der Waals surface area (Å²) >= 11 is 0. The lowest BCUT2D eigenvalue weighted by Crippen LogP contribution is -2.37. The molecular formula is C14H31N3O5. The standard InChI is InChI=1S/C7H14N2O3.C5H11NO2.C2H6/c1-7(2,3)12-6(11)9-4-5(8)10;1-4(6)3-5(7)8-2;1-2/h4H2,1-3H3,(H2,8,10)(H,9,11);4H,3,6H2,1-2H3;1-2H3. The molecule has 2 amide bonds. The van der Waals surface area contributed by atoms with Gasteiger partial charge in [0.25, 0.3) is 0 Å². The van der Waals surface area contributed by atoms with Gasteiger partial charge in [-0.25, -0.2) is 4.79 Å². The predicted octanol–water partition coefficient (Wildman–Crippen LogP) is 0.919. The summed E-state index contributed by atoms with van der Waals surface area (Å²) in [4.78, 5) is 31.4. The van der Waals surface area contributed by atoms with E-state index >= 15 is 0 Å². The second-order valence-corrected chi connectivity index (χ2v) is 5.08. The topological polar surface area (TPSA) is 134 Å².